The van der Waals surface area contributed by atoms with Crippen LogP contribution >= 0.6 is 0 Å². The Morgan fingerprint density at radius 2 is 1.88 bits per heavy atom. The Hall–Kier alpha value is -1.77. The van der Waals surface area contributed by atoms with Crippen LogP contribution in [0.25, 0.3) is 0 Å². The largest absolute Gasteiger partial charge is 0.573 e. The third-order valence-corrected chi connectivity index (χ3v) is 1.33. The molecule has 16 heavy (non-hydrogen) atoms. The fraction of sp³-hybridized carbons (Fsp3) is 0.400. The highest BCUT2D eigenvalue weighted by molar-refractivity contribution is 5.38. The Balaban J connectivity index is 0.00000106. The summed E-state index contributed by atoms with van der Waals surface area (Å²) in [6, 6.07) is 3.92. The molecular weight excluding hydrogens is 221 g/mol. The van der Waals surface area contributed by atoms with E-state index in [0.29, 0.717) is 5.69 Å². The first kappa shape index (κ1) is 14.2. The second-order valence-corrected chi connectivity index (χ2v) is 2.46. The fourth-order valence-electron chi connectivity index (χ4n) is 0.831. The molecule has 0 aliphatic rings. The van der Waals surface area contributed by atoms with Crippen LogP contribution in [0.3, 0.4) is 0 Å². The van der Waals surface area contributed by atoms with E-state index in [-0.39, 0.29) is 5.69 Å². The molecule has 0 saturated heterocycles. The summed E-state index contributed by atoms with van der Waals surface area (Å²) < 4.78 is 39.0. The van der Waals surface area contributed by atoms with E-state index < -0.39 is 12.1 Å². The van der Waals surface area contributed by atoms with Gasteiger partial charge in [-0.1, -0.05) is 13.8 Å². The first-order valence-corrected chi connectivity index (χ1v) is 4.56. The lowest BCUT2D eigenvalue weighted by Crippen LogP contribution is -2.18. The lowest BCUT2D eigenvalue weighted by atomic mass is 10.3. The standard InChI is InChI=1S/C8H5F3N2O.C2H6/c1-5-2-3-7(6(4-12)13-5)14-8(9,10)11;1-2/h2-3H,1H3;1-2H3. The van der Waals surface area contributed by atoms with Crippen molar-refractivity contribution in [3.05, 3.63) is 23.5 Å². The van der Waals surface area contributed by atoms with Gasteiger partial charge in [0, 0.05) is 5.69 Å². The van der Waals surface area contributed by atoms with E-state index in [1.54, 1.807) is 6.92 Å². The normalized spacial score (nSPS) is 9.81. The number of halogens is 3. The molecule has 0 saturated carbocycles. The number of aromatic nitrogens is 1. The summed E-state index contributed by atoms with van der Waals surface area (Å²) in [5.41, 5.74) is 0.0819. The second kappa shape index (κ2) is 5.95. The van der Waals surface area contributed by atoms with E-state index in [1.807, 2.05) is 13.8 Å². The van der Waals surface area contributed by atoms with Crippen LogP contribution in [0.15, 0.2) is 12.1 Å². The molecule has 0 aromatic carbocycles. The molecule has 1 heterocycles. The maximum Gasteiger partial charge on any atom is 0.573 e. The zero-order valence-electron chi connectivity index (χ0n) is 9.09. The smallest absolute Gasteiger partial charge is 0.403 e. The molecule has 88 valence electrons. The third kappa shape index (κ3) is 4.64. The second-order valence-electron chi connectivity index (χ2n) is 2.46. The number of pyridine rings is 1. The molecule has 0 unspecified atom stereocenters. The van der Waals surface area contributed by atoms with Gasteiger partial charge in [-0.3, -0.25) is 0 Å². The molecular formula is C10H11F3N2O. The SMILES string of the molecule is CC.Cc1ccc(OC(F)(F)F)c(C#N)n1. The van der Waals surface area contributed by atoms with Gasteiger partial charge >= 0.3 is 6.36 Å². The van der Waals surface area contributed by atoms with Gasteiger partial charge < -0.3 is 4.74 Å². The molecule has 1 rings (SSSR count). The molecule has 0 aliphatic heterocycles. The van der Waals surface area contributed by atoms with Crippen molar-refractivity contribution in [1.29, 1.82) is 5.26 Å². The average Bonchev–Trinajstić information content (AvgIpc) is 2.22. The van der Waals surface area contributed by atoms with Gasteiger partial charge in [-0.2, -0.15) is 5.26 Å². The zero-order chi connectivity index (χ0) is 12.8. The number of ether oxygens (including phenoxy) is 1. The van der Waals surface area contributed by atoms with Gasteiger partial charge in [0.25, 0.3) is 0 Å². The zero-order valence-corrected chi connectivity index (χ0v) is 9.09. The van der Waals surface area contributed by atoms with Gasteiger partial charge in [-0.25, -0.2) is 4.98 Å². The van der Waals surface area contributed by atoms with Crippen LogP contribution in [0.2, 0.25) is 0 Å². The third-order valence-electron chi connectivity index (χ3n) is 1.33. The van der Waals surface area contributed by atoms with Gasteiger partial charge in [0.2, 0.25) is 0 Å². The Labute approximate surface area is 91.5 Å². The van der Waals surface area contributed by atoms with Crippen LogP contribution in [-0.4, -0.2) is 11.3 Å². The highest BCUT2D eigenvalue weighted by Crippen LogP contribution is 2.24. The Kier molecular flexibility index (Phi) is 5.30. The summed E-state index contributed by atoms with van der Waals surface area (Å²) in [5, 5.41) is 8.48. The molecule has 0 bridgehead atoms. The average molecular weight is 232 g/mol. The molecule has 0 fully saturated rings. The number of hydrogen-bond acceptors (Lipinski definition) is 3. The number of rotatable bonds is 1. The van der Waals surface area contributed by atoms with E-state index in [9.17, 15) is 13.2 Å². The molecule has 0 spiro atoms. The first-order chi connectivity index (χ1) is 7.42. The quantitative estimate of drug-likeness (QED) is 0.746. The predicted octanol–water partition coefficient (Wildman–Crippen LogP) is 3.19. The molecule has 3 nitrogen and oxygen atoms in total. The summed E-state index contributed by atoms with van der Waals surface area (Å²) in [5.74, 6) is -0.578. The van der Waals surface area contributed by atoms with Gasteiger partial charge in [0.05, 0.1) is 0 Å². The molecule has 0 amide bonds. The number of aryl methyl sites for hydroxylation is 1. The number of hydrogen-bond donors (Lipinski definition) is 0. The molecule has 6 heteroatoms. The Bertz CT molecular complexity index is 383. The van der Waals surface area contributed by atoms with Crippen LogP contribution in [0.1, 0.15) is 25.2 Å². The number of nitrogens with zero attached hydrogens (tertiary/aromatic N) is 2. The van der Waals surface area contributed by atoms with Crippen LogP contribution in [0, 0.1) is 18.3 Å². The van der Waals surface area contributed by atoms with Crippen LogP contribution in [0.5, 0.6) is 5.75 Å². The van der Waals surface area contributed by atoms with E-state index in [4.69, 9.17) is 5.26 Å². The van der Waals surface area contributed by atoms with Crippen molar-refractivity contribution >= 4 is 0 Å². The van der Waals surface area contributed by atoms with Crippen LogP contribution in [-0.2, 0) is 0 Å². The fourth-order valence-corrected chi connectivity index (χ4v) is 0.831. The Morgan fingerprint density at radius 1 is 1.31 bits per heavy atom. The van der Waals surface area contributed by atoms with Crippen molar-refractivity contribution in [3.63, 3.8) is 0 Å². The van der Waals surface area contributed by atoms with Gasteiger partial charge in [0.1, 0.15) is 6.07 Å². The lowest BCUT2D eigenvalue weighted by Gasteiger charge is -2.09. The minimum Gasteiger partial charge on any atom is -0.403 e. The van der Waals surface area contributed by atoms with Gasteiger partial charge in [0.15, 0.2) is 11.4 Å². The summed E-state index contributed by atoms with van der Waals surface area (Å²) in [6.45, 7) is 5.57. The summed E-state index contributed by atoms with van der Waals surface area (Å²) in [4.78, 5) is 3.59. The monoisotopic (exact) mass is 232 g/mol. The van der Waals surface area contributed by atoms with Crippen LogP contribution < -0.4 is 4.74 Å². The summed E-state index contributed by atoms with van der Waals surface area (Å²) >= 11 is 0. The summed E-state index contributed by atoms with van der Waals surface area (Å²) in [6.07, 6.45) is -4.80. The van der Waals surface area contributed by atoms with E-state index in [0.717, 1.165) is 6.07 Å². The van der Waals surface area contributed by atoms with E-state index in [2.05, 4.69) is 9.72 Å². The molecule has 1 aromatic rings. The van der Waals surface area contributed by atoms with Crippen molar-refractivity contribution in [2.45, 2.75) is 27.1 Å². The molecule has 1 aromatic heterocycles. The van der Waals surface area contributed by atoms with Crippen LogP contribution in [0.4, 0.5) is 13.2 Å². The van der Waals surface area contributed by atoms with Crippen molar-refractivity contribution in [2.75, 3.05) is 0 Å². The Morgan fingerprint density at radius 3 is 2.31 bits per heavy atom. The van der Waals surface area contributed by atoms with Crippen molar-refractivity contribution in [2.24, 2.45) is 0 Å². The maximum absolute atomic E-state index is 11.8. The minimum atomic E-state index is -4.80. The number of alkyl halides is 3. The highest BCUT2D eigenvalue weighted by Gasteiger charge is 2.32. The molecule has 0 N–H and O–H groups in total. The summed E-state index contributed by atoms with van der Waals surface area (Å²) in [7, 11) is 0. The van der Waals surface area contributed by atoms with E-state index in [1.165, 1.54) is 12.1 Å². The molecule has 0 radical (unpaired) electrons. The lowest BCUT2D eigenvalue weighted by molar-refractivity contribution is -0.274. The first-order valence-electron chi connectivity index (χ1n) is 4.56. The minimum absolute atomic E-state index is 0.373. The molecule has 0 atom stereocenters. The predicted molar refractivity (Wildman–Crippen MR) is 51.7 cm³/mol. The molecule has 0 aliphatic carbocycles. The van der Waals surface area contributed by atoms with Gasteiger partial charge in [-0.15, -0.1) is 13.2 Å². The topological polar surface area (TPSA) is 45.9 Å². The maximum atomic E-state index is 11.8. The highest BCUT2D eigenvalue weighted by atomic mass is 19.4. The van der Waals surface area contributed by atoms with Gasteiger partial charge in [-0.05, 0) is 19.1 Å². The van der Waals surface area contributed by atoms with E-state index >= 15 is 0 Å². The van der Waals surface area contributed by atoms with Crippen molar-refractivity contribution in [3.8, 4) is 11.8 Å². The van der Waals surface area contributed by atoms with Crippen molar-refractivity contribution < 1.29 is 17.9 Å². The number of nitriles is 1. The van der Waals surface area contributed by atoms with Crippen molar-refractivity contribution in [1.82, 2.24) is 4.98 Å².